The van der Waals surface area contributed by atoms with Gasteiger partial charge in [0, 0.05) is 37.9 Å². The highest BCUT2D eigenvalue weighted by Gasteiger charge is 2.25. The van der Waals surface area contributed by atoms with E-state index in [0.717, 1.165) is 55.3 Å². The third-order valence-corrected chi connectivity index (χ3v) is 5.82. The van der Waals surface area contributed by atoms with Gasteiger partial charge in [-0.3, -0.25) is 9.55 Å². The Labute approximate surface area is 170 Å². The Morgan fingerprint density at radius 1 is 1.03 bits per heavy atom. The molecule has 3 aromatic heterocycles. The molecule has 4 heterocycles. The summed E-state index contributed by atoms with van der Waals surface area (Å²) in [6.45, 7) is 6.08. The maximum Gasteiger partial charge on any atom is 0.159 e. The number of hydrogen-bond acceptors (Lipinski definition) is 5. The van der Waals surface area contributed by atoms with Crippen molar-refractivity contribution in [1.29, 1.82) is 0 Å². The summed E-state index contributed by atoms with van der Waals surface area (Å²) in [6, 6.07) is 8.94. The van der Waals surface area contributed by atoms with Crippen LogP contribution in [0.1, 0.15) is 37.5 Å². The maximum absolute atomic E-state index is 4.85. The van der Waals surface area contributed by atoms with Crippen LogP contribution in [0, 0.1) is 6.92 Å². The molecule has 148 valence electrons. The molecule has 0 radical (unpaired) electrons. The third-order valence-electron chi connectivity index (χ3n) is 5.82. The molecule has 7 nitrogen and oxygen atoms in total. The van der Waals surface area contributed by atoms with Crippen LogP contribution >= 0.6 is 0 Å². The maximum atomic E-state index is 4.85. The van der Waals surface area contributed by atoms with Gasteiger partial charge in [-0.2, -0.15) is 0 Å². The summed E-state index contributed by atoms with van der Waals surface area (Å²) >= 11 is 0. The molecular weight excluding hydrogens is 362 g/mol. The van der Waals surface area contributed by atoms with E-state index in [9.17, 15) is 0 Å². The quantitative estimate of drug-likeness (QED) is 0.534. The monoisotopic (exact) mass is 387 g/mol. The summed E-state index contributed by atoms with van der Waals surface area (Å²) in [5.74, 6) is 3.84. The molecule has 1 saturated heterocycles. The summed E-state index contributed by atoms with van der Waals surface area (Å²) in [7, 11) is 0. The van der Waals surface area contributed by atoms with Crippen LogP contribution in [0.25, 0.3) is 16.9 Å². The number of hydrogen-bond donors (Lipinski definition) is 0. The van der Waals surface area contributed by atoms with Crippen LogP contribution in [-0.4, -0.2) is 42.2 Å². The zero-order valence-electron chi connectivity index (χ0n) is 16.9. The van der Waals surface area contributed by atoms with Gasteiger partial charge in [0.1, 0.15) is 17.5 Å². The Hall–Kier alpha value is -3.22. The molecule has 4 aromatic rings. The summed E-state index contributed by atoms with van der Waals surface area (Å²) < 4.78 is 4.43. The van der Waals surface area contributed by atoms with E-state index < -0.39 is 0 Å². The number of para-hydroxylation sites is 2. The number of imidazole rings is 2. The molecule has 0 unspecified atom stereocenters. The number of benzene rings is 1. The van der Waals surface area contributed by atoms with Crippen LogP contribution in [0.4, 0.5) is 5.82 Å². The minimum absolute atomic E-state index is 0.473. The zero-order chi connectivity index (χ0) is 19.8. The molecule has 0 saturated carbocycles. The lowest BCUT2D eigenvalue weighted by Gasteiger charge is -2.34. The highest BCUT2D eigenvalue weighted by Crippen LogP contribution is 2.30. The first-order valence-corrected chi connectivity index (χ1v) is 10.3. The predicted octanol–water partition coefficient (Wildman–Crippen LogP) is 3.72. The first-order valence-electron chi connectivity index (χ1n) is 10.3. The molecule has 0 N–H and O–H groups in total. The second-order valence-electron chi connectivity index (χ2n) is 7.54. The van der Waals surface area contributed by atoms with Gasteiger partial charge in [-0.1, -0.05) is 19.1 Å². The van der Waals surface area contributed by atoms with Gasteiger partial charge in [0.25, 0.3) is 0 Å². The molecule has 1 fully saturated rings. The summed E-state index contributed by atoms with van der Waals surface area (Å²) in [5.41, 5.74) is 2.35. The second-order valence-corrected chi connectivity index (χ2v) is 7.54. The van der Waals surface area contributed by atoms with E-state index in [4.69, 9.17) is 9.97 Å². The molecule has 0 amide bonds. The molecule has 0 spiro atoms. The van der Waals surface area contributed by atoms with Gasteiger partial charge < -0.3 is 9.47 Å². The van der Waals surface area contributed by atoms with Crippen molar-refractivity contribution in [1.82, 2.24) is 29.1 Å². The van der Waals surface area contributed by atoms with E-state index in [0.29, 0.717) is 6.04 Å². The molecule has 7 heteroatoms. The fraction of sp³-hybridized carbons (Fsp3) is 0.364. The van der Waals surface area contributed by atoms with E-state index in [-0.39, 0.29) is 0 Å². The number of piperidine rings is 1. The molecule has 0 atom stereocenters. The molecule has 1 aliphatic rings. The minimum atomic E-state index is 0.473. The number of aryl methyl sites for hydroxylation is 2. The van der Waals surface area contributed by atoms with Gasteiger partial charge in [0.15, 0.2) is 5.82 Å². The predicted molar refractivity (Wildman–Crippen MR) is 113 cm³/mol. The number of aromatic nitrogens is 6. The molecule has 1 aliphatic heterocycles. The first-order chi connectivity index (χ1) is 14.2. The van der Waals surface area contributed by atoms with Crippen molar-refractivity contribution in [2.45, 2.75) is 39.2 Å². The van der Waals surface area contributed by atoms with Crippen molar-refractivity contribution < 1.29 is 0 Å². The van der Waals surface area contributed by atoms with E-state index in [1.807, 2.05) is 23.9 Å². The Morgan fingerprint density at radius 3 is 2.59 bits per heavy atom. The lowest BCUT2D eigenvalue weighted by atomic mass is 10.0. The average Bonchev–Trinajstić information content (AvgIpc) is 3.37. The van der Waals surface area contributed by atoms with Crippen LogP contribution in [0.2, 0.25) is 0 Å². The standard InChI is InChI=1S/C22H25N7/c1-3-20-25-18-6-4-5-7-19(18)29(20)17-8-11-27(12-9-17)21-14-23-15-22(26-21)28-13-10-24-16(28)2/h4-7,10,13-15,17H,3,8-9,11-12H2,1-2H3. The largest absolute Gasteiger partial charge is 0.355 e. The van der Waals surface area contributed by atoms with E-state index in [2.05, 4.69) is 50.6 Å². The Kier molecular flexibility index (Phi) is 4.50. The van der Waals surface area contributed by atoms with Gasteiger partial charge >= 0.3 is 0 Å². The van der Waals surface area contributed by atoms with E-state index >= 15 is 0 Å². The number of nitrogens with zero attached hydrogens (tertiary/aromatic N) is 7. The van der Waals surface area contributed by atoms with Crippen LogP contribution in [0.15, 0.2) is 49.1 Å². The number of fused-ring (bicyclic) bond motifs is 1. The highest BCUT2D eigenvalue weighted by atomic mass is 15.2. The smallest absolute Gasteiger partial charge is 0.159 e. The fourth-order valence-corrected chi connectivity index (χ4v) is 4.34. The number of rotatable bonds is 4. The number of anilines is 1. The van der Waals surface area contributed by atoms with Crippen molar-refractivity contribution in [3.8, 4) is 5.82 Å². The highest BCUT2D eigenvalue weighted by molar-refractivity contribution is 5.76. The fourth-order valence-electron chi connectivity index (χ4n) is 4.34. The van der Waals surface area contributed by atoms with Crippen LogP contribution in [0.3, 0.4) is 0 Å². The molecule has 0 bridgehead atoms. The SMILES string of the molecule is CCc1nc2ccccc2n1C1CCN(c2cncc(-n3ccnc3C)n2)CC1. The Balaban J connectivity index is 1.37. The molecule has 29 heavy (non-hydrogen) atoms. The summed E-state index contributed by atoms with van der Waals surface area (Å²) in [5, 5.41) is 0. The summed E-state index contributed by atoms with van der Waals surface area (Å²) in [6.07, 6.45) is 10.5. The van der Waals surface area contributed by atoms with Crippen LogP contribution in [0.5, 0.6) is 0 Å². The average molecular weight is 387 g/mol. The second kappa shape index (κ2) is 7.31. The van der Waals surface area contributed by atoms with Gasteiger partial charge in [0.2, 0.25) is 0 Å². The van der Waals surface area contributed by atoms with E-state index in [1.165, 1.54) is 11.3 Å². The Bertz CT molecular complexity index is 1130. The normalized spacial score (nSPS) is 15.3. The zero-order valence-corrected chi connectivity index (χ0v) is 16.9. The lowest BCUT2D eigenvalue weighted by molar-refractivity contribution is 0.394. The minimum Gasteiger partial charge on any atom is -0.355 e. The molecule has 5 rings (SSSR count). The van der Waals surface area contributed by atoms with E-state index in [1.54, 1.807) is 12.4 Å². The first kappa shape index (κ1) is 17.8. The van der Waals surface area contributed by atoms with Crippen molar-refractivity contribution in [2.24, 2.45) is 0 Å². The van der Waals surface area contributed by atoms with Gasteiger partial charge in [-0.05, 0) is 31.9 Å². The van der Waals surface area contributed by atoms with Gasteiger partial charge in [-0.15, -0.1) is 0 Å². The van der Waals surface area contributed by atoms with Crippen molar-refractivity contribution in [3.63, 3.8) is 0 Å². The van der Waals surface area contributed by atoms with Crippen molar-refractivity contribution in [2.75, 3.05) is 18.0 Å². The molecule has 0 aliphatic carbocycles. The topological polar surface area (TPSA) is 64.7 Å². The molecule has 1 aromatic carbocycles. The van der Waals surface area contributed by atoms with Gasteiger partial charge in [-0.25, -0.2) is 15.0 Å². The van der Waals surface area contributed by atoms with Crippen molar-refractivity contribution >= 4 is 16.9 Å². The summed E-state index contributed by atoms with van der Waals surface area (Å²) in [4.78, 5) is 20.7. The van der Waals surface area contributed by atoms with Crippen LogP contribution < -0.4 is 4.90 Å². The van der Waals surface area contributed by atoms with Crippen molar-refractivity contribution in [3.05, 3.63) is 60.7 Å². The van der Waals surface area contributed by atoms with Crippen LogP contribution in [-0.2, 0) is 6.42 Å². The van der Waals surface area contributed by atoms with Gasteiger partial charge in [0.05, 0.1) is 23.4 Å². The lowest BCUT2D eigenvalue weighted by Crippen LogP contribution is -2.35. The Morgan fingerprint density at radius 2 is 1.83 bits per heavy atom. The third kappa shape index (κ3) is 3.16. The molecular formula is C22H25N7.